The summed E-state index contributed by atoms with van der Waals surface area (Å²) in [4.78, 5) is 17.8. The van der Waals surface area contributed by atoms with Crippen LogP contribution in [-0.2, 0) is 16.1 Å². The molecule has 0 unspecified atom stereocenters. The Balaban J connectivity index is 0. The molecule has 0 heterocycles. The van der Waals surface area contributed by atoms with Crippen LogP contribution in [0.15, 0.2) is 24.3 Å². The second-order valence-electron chi connectivity index (χ2n) is 3.66. The van der Waals surface area contributed by atoms with Gasteiger partial charge in [0.15, 0.2) is 0 Å². The maximum atomic E-state index is 10.6. The summed E-state index contributed by atoms with van der Waals surface area (Å²) in [7, 11) is 1.65. The maximum absolute atomic E-state index is 10.6. The van der Waals surface area contributed by atoms with Gasteiger partial charge in [-0.05, 0) is 17.7 Å². The first-order valence-corrected chi connectivity index (χ1v) is 5.68. The molecule has 0 bridgehead atoms. The van der Waals surface area contributed by atoms with Crippen molar-refractivity contribution in [1.29, 1.82) is 0 Å². The van der Waals surface area contributed by atoms with Crippen molar-refractivity contribution in [2.75, 3.05) is 7.11 Å². The average Bonchev–Trinajstić information content (AvgIpc) is 2.46. The largest absolute Gasteiger partial charge is 0.497 e. The number of aliphatic carboxylic acids is 2. The van der Waals surface area contributed by atoms with E-state index in [0.717, 1.165) is 11.3 Å². The maximum Gasteiger partial charge on any atom is 0.490 e. The zero-order valence-electron chi connectivity index (χ0n) is 12.0. The Morgan fingerprint density at radius 2 is 1.25 bits per heavy atom. The summed E-state index contributed by atoms with van der Waals surface area (Å²) in [6.07, 6.45) is -10.2. The van der Waals surface area contributed by atoms with E-state index in [1.807, 2.05) is 24.3 Å². The van der Waals surface area contributed by atoms with Crippen LogP contribution in [-0.4, -0.2) is 41.6 Å². The van der Waals surface area contributed by atoms with Gasteiger partial charge in [-0.1, -0.05) is 12.1 Å². The van der Waals surface area contributed by atoms with E-state index in [-0.39, 0.29) is 0 Å². The highest BCUT2D eigenvalue weighted by Gasteiger charge is 2.38. The van der Waals surface area contributed by atoms with Crippen LogP contribution in [0.5, 0.6) is 5.75 Å². The SMILES string of the molecule is COc1ccc(CN)cc1.O=C(O)C(F)(F)F.O=C(O)C(F)(F)F. The molecule has 0 aliphatic rings. The normalized spacial score (nSPS) is 10.5. The molecule has 0 aliphatic heterocycles. The van der Waals surface area contributed by atoms with Crippen molar-refractivity contribution in [2.45, 2.75) is 18.9 Å². The van der Waals surface area contributed by atoms with Crippen LogP contribution in [0.1, 0.15) is 5.56 Å². The van der Waals surface area contributed by atoms with Crippen LogP contribution in [0.2, 0.25) is 0 Å². The third-order valence-electron chi connectivity index (χ3n) is 1.88. The molecule has 138 valence electrons. The van der Waals surface area contributed by atoms with E-state index >= 15 is 0 Å². The Bertz CT molecular complexity index is 465. The van der Waals surface area contributed by atoms with Crippen LogP contribution in [0.3, 0.4) is 0 Å². The second-order valence-corrected chi connectivity index (χ2v) is 3.66. The molecule has 4 N–H and O–H groups in total. The van der Waals surface area contributed by atoms with E-state index < -0.39 is 24.3 Å². The summed E-state index contributed by atoms with van der Waals surface area (Å²) in [5.74, 6) is -4.64. The fraction of sp³-hybridized carbons (Fsp3) is 0.333. The zero-order valence-corrected chi connectivity index (χ0v) is 12.0. The molecular formula is C12H13F6NO5. The molecule has 12 heteroatoms. The lowest BCUT2D eigenvalue weighted by molar-refractivity contribution is -0.193. The highest BCUT2D eigenvalue weighted by atomic mass is 19.4. The third kappa shape index (κ3) is 12.1. The van der Waals surface area contributed by atoms with Gasteiger partial charge < -0.3 is 20.7 Å². The van der Waals surface area contributed by atoms with Crippen molar-refractivity contribution in [2.24, 2.45) is 5.73 Å². The highest BCUT2D eigenvalue weighted by Crippen LogP contribution is 2.13. The van der Waals surface area contributed by atoms with E-state index in [4.69, 9.17) is 30.3 Å². The summed E-state index contributed by atoms with van der Waals surface area (Å²) in [5.41, 5.74) is 6.53. The van der Waals surface area contributed by atoms with Gasteiger partial charge in [-0.15, -0.1) is 0 Å². The average molecular weight is 365 g/mol. The molecule has 0 aromatic heterocycles. The van der Waals surface area contributed by atoms with Crippen LogP contribution < -0.4 is 10.5 Å². The smallest absolute Gasteiger partial charge is 0.490 e. The van der Waals surface area contributed by atoms with Gasteiger partial charge in [0.2, 0.25) is 0 Å². The zero-order chi connectivity index (χ0) is 19.6. The fourth-order valence-electron chi connectivity index (χ4n) is 0.762. The lowest BCUT2D eigenvalue weighted by Gasteiger charge is -1.99. The van der Waals surface area contributed by atoms with Crippen molar-refractivity contribution in [1.82, 2.24) is 0 Å². The summed E-state index contributed by atoms with van der Waals surface area (Å²) >= 11 is 0. The Labute approximate surface area is 131 Å². The molecule has 0 aliphatic carbocycles. The number of rotatable bonds is 2. The summed E-state index contributed by atoms with van der Waals surface area (Å²) in [6, 6.07) is 7.72. The quantitative estimate of drug-likeness (QED) is 0.695. The number of hydrogen-bond donors (Lipinski definition) is 3. The number of hydrogen-bond acceptors (Lipinski definition) is 4. The number of carbonyl (C=O) groups is 2. The molecule has 0 amide bonds. The Morgan fingerprint density at radius 3 is 1.42 bits per heavy atom. The fourth-order valence-corrected chi connectivity index (χ4v) is 0.762. The molecule has 0 atom stereocenters. The van der Waals surface area contributed by atoms with E-state index in [1.54, 1.807) is 7.11 Å². The molecular weight excluding hydrogens is 352 g/mol. The molecule has 0 saturated carbocycles. The van der Waals surface area contributed by atoms with E-state index in [2.05, 4.69) is 0 Å². The predicted octanol–water partition coefficient (Wildman–Crippen LogP) is 2.42. The van der Waals surface area contributed by atoms with Crippen LogP contribution >= 0.6 is 0 Å². The van der Waals surface area contributed by atoms with E-state index in [0.29, 0.717) is 6.54 Å². The van der Waals surface area contributed by atoms with Crippen molar-refractivity contribution in [3.05, 3.63) is 29.8 Å². The molecule has 6 nitrogen and oxygen atoms in total. The predicted molar refractivity (Wildman–Crippen MR) is 68.3 cm³/mol. The van der Waals surface area contributed by atoms with Crippen molar-refractivity contribution < 1.29 is 50.9 Å². The van der Waals surface area contributed by atoms with Crippen LogP contribution in [0.4, 0.5) is 26.3 Å². The Hall–Kier alpha value is -2.50. The molecule has 0 saturated heterocycles. The van der Waals surface area contributed by atoms with Crippen LogP contribution in [0.25, 0.3) is 0 Å². The molecule has 0 fully saturated rings. The minimum Gasteiger partial charge on any atom is -0.497 e. The van der Waals surface area contributed by atoms with E-state index in [9.17, 15) is 26.3 Å². The van der Waals surface area contributed by atoms with Gasteiger partial charge in [-0.2, -0.15) is 26.3 Å². The molecule has 1 rings (SSSR count). The first-order chi connectivity index (χ1) is 10.8. The van der Waals surface area contributed by atoms with E-state index in [1.165, 1.54) is 0 Å². The number of methoxy groups -OCH3 is 1. The van der Waals surface area contributed by atoms with Gasteiger partial charge in [0.1, 0.15) is 5.75 Å². The lowest BCUT2D eigenvalue weighted by atomic mass is 10.2. The Morgan fingerprint density at radius 1 is 0.958 bits per heavy atom. The number of benzene rings is 1. The van der Waals surface area contributed by atoms with Gasteiger partial charge in [0, 0.05) is 6.54 Å². The van der Waals surface area contributed by atoms with Gasteiger partial charge >= 0.3 is 24.3 Å². The molecule has 0 spiro atoms. The van der Waals surface area contributed by atoms with Gasteiger partial charge in [0.25, 0.3) is 0 Å². The van der Waals surface area contributed by atoms with Gasteiger partial charge in [-0.25, -0.2) is 9.59 Å². The molecule has 24 heavy (non-hydrogen) atoms. The lowest BCUT2D eigenvalue weighted by Crippen LogP contribution is -2.21. The number of nitrogens with two attached hydrogens (primary N) is 1. The minimum atomic E-state index is -5.08. The molecule has 0 radical (unpaired) electrons. The first-order valence-electron chi connectivity index (χ1n) is 5.68. The monoisotopic (exact) mass is 365 g/mol. The number of carboxylic acid groups (broad SMARTS) is 2. The summed E-state index contributed by atoms with van der Waals surface area (Å²) in [5, 5.41) is 14.2. The van der Waals surface area contributed by atoms with Gasteiger partial charge in [0.05, 0.1) is 7.11 Å². The molecule has 1 aromatic carbocycles. The minimum absolute atomic E-state index is 0.587. The van der Waals surface area contributed by atoms with Crippen molar-refractivity contribution >= 4 is 11.9 Å². The molecule has 1 aromatic rings. The number of alkyl halides is 6. The number of ether oxygens (including phenoxy) is 1. The van der Waals surface area contributed by atoms with Crippen LogP contribution in [0, 0.1) is 0 Å². The highest BCUT2D eigenvalue weighted by molar-refractivity contribution is 5.73. The van der Waals surface area contributed by atoms with Gasteiger partial charge in [-0.3, -0.25) is 0 Å². The topological polar surface area (TPSA) is 110 Å². The summed E-state index contributed by atoms with van der Waals surface area (Å²) < 4.78 is 68.4. The standard InChI is InChI=1S/C8H11NO.2C2HF3O2/c1-10-8-4-2-7(6-9)3-5-8;2*3-2(4,5)1(6)7/h2-5H,6,9H2,1H3;2*(H,6,7). The number of carboxylic acids is 2. The van der Waals surface area contributed by atoms with Crippen molar-refractivity contribution in [3.8, 4) is 5.75 Å². The third-order valence-corrected chi connectivity index (χ3v) is 1.88. The Kier molecular flexibility index (Phi) is 10.2. The number of halogens is 6. The van der Waals surface area contributed by atoms with Crippen molar-refractivity contribution in [3.63, 3.8) is 0 Å². The summed E-state index contributed by atoms with van der Waals surface area (Å²) in [6.45, 7) is 0.587. The second kappa shape index (κ2) is 10.3. The first kappa shape index (κ1) is 23.8.